The first-order valence-corrected chi connectivity index (χ1v) is 6.54. The van der Waals surface area contributed by atoms with Gasteiger partial charge < -0.3 is 10.4 Å². The molecule has 1 aromatic carbocycles. The molecule has 1 aromatic heterocycles. The number of nitrogens with one attached hydrogen (secondary N) is 1. The molecule has 3 rings (SSSR count). The average molecular weight is 270 g/mol. The third kappa shape index (κ3) is 2.34. The number of hydrogen-bond donors (Lipinski definition) is 2. The smallest absolute Gasteiger partial charge is 0.326 e. The summed E-state index contributed by atoms with van der Waals surface area (Å²) in [7, 11) is 0. The van der Waals surface area contributed by atoms with E-state index in [0.29, 0.717) is 5.56 Å². The summed E-state index contributed by atoms with van der Waals surface area (Å²) in [4.78, 5) is 27.7. The SMILES string of the molecule is O=C(NC(C(=O)O)C1CC1)c1ccnc2ccccc12. The Kier molecular flexibility index (Phi) is 3.10. The first-order valence-electron chi connectivity index (χ1n) is 6.54. The van der Waals surface area contributed by atoms with Crippen molar-refractivity contribution in [2.24, 2.45) is 5.92 Å². The maximum absolute atomic E-state index is 12.3. The van der Waals surface area contributed by atoms with Crippen LogP contribution in [0.2, 0.25) is 0 Å². The number of aliphatic carboxylic acids is 1. The number of carbonyl (C=O) groups excluding carboxylic acids is 1. The lowest BCUT2D eigenvalue weighted by Gasteiger charge is -2.14. The van der Waals surface area contributed by atoms with Gasteiger partial charge in [0.1, 0.15) is 6.04 Å². The van der Waals surface area contributed by atoms with E-state index in [9.17, 15) is 9.59 Å². The number of rotatable bonds is 4. The summed E-state index contributed by atoms with van der Waals surface area (Å²) in [6, 6.07) is 8.13. The Hall–Kier alpha value is -2.43. The van der Waals surface area contributed by atoms with E-state index in [1.807, 2.05) is 24.3 Å². The topological polar surface area (TPSA) is 79.3 Å². The van der Waals surface area contributed by atoms with Gasteiger partial charge in [0.2, 0.25) is 0 Å². The highest BCUT2D eigenvalue weighted by Crippen LogP contribution is 2.33. The number of carboxylic acid groups (broad SMARTS) is 1. The quantitative estimate of drug-likeness (QED) is 0.888. The fourth-order valence-corrected chi connectivity index (χ4v) is 2.32. The molecule has 102 valence electrons. The van der Waals surface area contributed by atoms with Gasteiger partial charge in [0.15, 0.2) is 0 Å². The van der Waals surface area contributed by atoms with Crippen molar-refractivity contribution in [2.75, 3.05) is 0 Å². The van der Waals surface area contributed by atoms with Crippen LogP contribution in [0, 0.1) is 5.92 Å². The number of fused-ring (bicyclic) bond motifs is 1. The highest BCUT2D eigenvalue weighted by molar-refractivity contribution is 6.07. The average Bonchev–Trinajstić information content (AvgIpc) is 3.28. The second-order valence-electron chi connectivity index (χ2n) is 5.00. The van der Waals surface area contributed by atoms with Crippen molar-refractivity contribution in [3.63, 3.8) is 0 Å². The molecule has 5 heteroatoms. The van der Waals surface area contributed by atoms with E-state index >= 15 is 0 Å². The number of aromatic nitrogens is 1. The number of benzene rings is 1. The van der Waals surface area contributed by atoms with Crippen LogP contribution in [0.3, 0.4) is 0 Å². The monoisotopic (exact) mass is 270 g/mol. The number of carbonyl (C=O) groups is 2. The normalized spacial score (nSPS) is 15.8. The molecule has 1 heterocycles. The fraction of sp³-hybridized carbons (Fsp3) is 0.267. The van der Waals surface area contributed by atoms with E-state index < -0.39 is 12.0 Å². The highest BCUT2D eigenvalue weighted by atomic mass is 16.4. The van der Waals surface area contributed by atoms with Gasteiger partial charge in [0.05, 0.1) is 11.1 Å². The standard InChI is InChI=1S/C15H14N2O3/c18-14(17-13(15(19)20)9-5-6-9)11-7-8-16-12-4-2-1-3-10(11)12/h1-4,7-9,13H,5-6H2,(H,17,18)(H,19,20). The first kappa shape index (κ1) is 12.6. The van der Waals surface area contributed by atoms with Crippen LogP contribution in [-0.2, 0) is 4.79 Å². The van der Waals surface area contributed by atoms with Gasteiger partial charge in [-0.1, -0.05) is 18.2 Å². The van der Waals surface area contributed by atoms with Crippen molar-refractivity contribution in [1.82, 2.24) is 10.3 Å². The Morgan fingerprint density at radius 3 is 2.70 bits per heavy atom. The van der Waals surface area contributed by atoms with Gasteiger partial charge in [-0.25, -0.2) is 4.79 Å². The third-order valence-corrected chi connectivity index (χ3v) is 3.54. The fourth-order valence-electron chi connectivity index (χ4n) is 2.32. The maximum atomic E-state index is 12.3. The molecule has 1 unspecified atom stereocenters. The number of carboxylic acids is 1. The van der Waals surface area contributed by atoms with Crippen molar-refractivity contribution in [1.29, 1.82) is 0 Å². The van der Waals surface area contributed by atoms with Gasteiger partial charge >= 0.3 is 5.97 Å². The molecule has 0 bridgehead atoms. The van der Waals surface area contributed by atoms with Gasteiger partial charge in [-0.15, -0.1) is 0 Å². The van der Waals surface area contributed by atoms with E-state index in [1.165, 1.54) is 0 Å². The highest BCUT2D eigenvalue weighted by Gasteiger charge is 2.37. The van der Waals surface area contributed by atoms with Crippen LogP contribution in [0.15, 0.2) is 36.5 Å². The zero-order valence-corrected chi connectivity index (χ0v) is 10.7. The Morgan fingerprint density at radius 1 is 1.25 bits per heavy atom. The molecule has 20 heavy (non-hydrogen) atoms. The molecule has 0 spiro atoms. The van der Waals surface area contributed by atoms with E-state index in [4.69, 9.17) is 5.11 Å². The molecular formula is C15H14N2O3. The molecule has 1 aliphatic rings. The number of para-hydroxylation sites is 1. The molecule has 0 radical (unpaired) electrons. The second kappa shape index (κ2) is 4.92. The minimum atomic E-state index is -0.973. The van der Waals surface area contributed by atoms with Crippen molar-refractivity contribution in [2.45, 2.75) is 18.9 Å². The number of amides is 1. The van der Waals surface area contributed by atoms with E-state index in [-0.39, 0.29) is 11.8 Å². The lowest BCUT2D eigenvalue weighted by Crippen LogP contribution is -2.42. The Bertz CT molecular complexity index is 674. The molecule has 2 aromatic rings. The minimum absolute atomic E-state index is 0.0598. The summed E-state index contributed by atoms with van der Waals surface area (Å²) in [5.74, 6) is -1.27. The largest absolute Gasteiger partial charge is 0.480 e. The molecule has 1 atom stereocenters. The Morgan fingerprint density at radius 2 is 2.00 bits per heavy atom. The lowest BCUT2D eigenvalue weighted by atomic mass is 10.1. The molecule has 1 saturated carbocycles. The number of pyridine rings is 1. The molecular weight excluding hydrogens is 256 g/mol. The Labute approximate surface area is 115 Å². The molecule has 1 fully saturated rings. The molecule has 1 amide bonds. The van der Waals surface area contributed by atoms with Gasteiger partial charge in [0, 0.05) is 11.6 Å². The van der Waals surface area contributed by atoms with Crippen molar-refractivity contribution < 1.29 is 14.7 Å². The van der Waals surface area contributed by atoms with E-state index in [0.717, 1.165) is 23.7 Å². The summed E-state index contributed by atoms with van der Waals surface area (Å²) in [5, 5.41) is 12.5. The van der Waals surface area contributed by atoms with Gasteiger partial charge in [-0.05, 0) is 30.9 Å². The summed E-state index contributed by atoms with van der Waals surface area (Å²) in [5.41, 5.74) is 1.18. The molecule has 0 saturated heterocycles. The first-order chi connectivity index (χ1) is 9.66. The summed E-state index contributed by atoms with van der Waals surface area (Å²) < 4.78 is 0. The zero-order valence-electron chi connectivity index (χ0n) is 10.7. The Balaban J connectivity index is 1.90. The van der Waals surface area contributed by atoms with E-state index in [2.05, 4.69) is 10.3 Å². The van der Waals surface area contributed by atoms with Gasteiger partial charge in [0.25, 0.3) is 5.91 Å². The van der Waals surface area contributed by atoms with Crippen molar-refractivity contribution in [3.05, 3.63) is 42.1 Å². The zero-order chi connectivity index (χ0) is 14.1. The molecule has 1 aliphatic carbocycles. The van der Waals surface area contributed by atoms with Crippen molar-refractivity contribution >= 4 is 22.8 Å². The third-order valence-electron chi connectivity index (χ3n) is 3.54. The van der Waals surface area contributed by atoms with Crippen LogP contribution in [0.4, 0.5) is 0 Å². The molecule has 0 aliphatic heterocycles. The summed E-state index contributed by atoms with van der Waals surface area (Å²) in [6.45, 7) is 0. The van der Waals surface area contributed by atoms with Crippen molar-refractivity contribution in [3.8, 4) is 0 Å². The second-order valence-corrected chi connectivity index (χ2v) is 5.00. The van der Waals surface area contributed by atoms with Crippen LogP contribution in [0.25, 0.3) is 10.9 Å². The van der Waals surface area contributed by atoms with Gasteiger partial charge in [-0.3, -0.25) is 9.78 Å². The lowest BCUT2D eigenvalue weighted by molar-refractivity contribution is -0.139. The van der Waals surface area contributed by atoms with Crippen LogP contribution in [0.1, 0.15) is 23.2 Å². The number of nitrogens with zero attached hydrogens (tertiary/aromatic N) is 1. The predicted molar refractivity (Wildman–Crippen MR) is 73.4 cm³/mol. The predicted octanol–water partition coefficient (Wildman–Crippen LogP) is 1.83. The van der Waals surface area contributed by atoms with Crippen LogP contribution in [-0.4, -0.2) is 28.0 Å². The summed E-state index contributed by atoms with van der Waals surface area (Å²) in [6.07, 6.45) is 3.27. The van der Waals surface area contributed by atoms with Gasteiger partial charge in [-0.2, -0.15) is 0 Å². The number of hydrogen-bond acceptors (Lipinski definition) is 3. The molecule has 2 N–H and O–H groups in total. The molecule has 5 nitrogen and oxygen atoms in total. The maximum Gasteiger partial charge on any atom is 0.326 e. The van der Waals surface area contributed by atoms with Crippen LogP contribution >= 0.6 is 0 Å². The summed E-state index contributed by atoms with van der Waals surface area (Å²) >= 11 is 0. The van der Waals surface area contributed by atoms with E-state index in [1.54, 1.807) is 12.3 Å². The van der Waals surface area contributed by atoms with Crippen LogP contribution in [0.5, 0.6) is 0 Å². The van der Waals surface area contributed by atoms with Crippen LogP contribution < -0.4 is 5.32 Å². The minimum Gasteiger partial charge on any atom is -0.480 e.